The Balaban J connectivity index is 1.98. The van der Waals surface area contributed by atoms with E-state index in [1.54, 1.807) is 12.1 Å². The molecule has 114 valence electrons. The Morgan fingerprint density at radius 2 is 2.05 bits per heavy atom. The average molecular weight is 292 g/mol. The van der Waals surface area contributed by atoms with Gasteiger partial charge in [0.05, 0.1) is 6.21 Å². The zero-order valence-electron chi connectivity index (χ0n) is 12.0. The van der Waals surface area contributed by atoms with E-state index in [2.05, 4.69) is 15.4 Å². The van der Waals surface area contributed by atoms with Crippen LogP contribution in [0.1, 0.15) is 36.8 Å². The Kier molecular flexibility index (Phi) is 5.68. The van der Waals surface area contributed by atoms with Gasteiger partial charge < -0.3 is 5.73 Å². The minimum Gasteiger partial charge on any atom is -0.350 e. The van der Waals surface area contributed by atoms with Gasteiger partial charge in [0.25, 0.3) is 0 Å². The highest BCUT2D eigenvalue weighted by Crippen LogP contribution is 2.16. The third-order valence-corrected chi connectivity index (χ3v) is 3.56. The van der Waals surface area contributed by atoms with E-state index in [0.29, 0.717) is 17.7 Å². The van der Waals surface area contributed by atoms with Gasteiger partial charge in [0.1, 0.15) is 5.82 Å². The molecule has 0 aromatic heterocycles. The minimum absolute atomic E-state index is 0.248. The lowest BCUT2D eigenvalue weighted by Gasteiger charge is -2.20. The van der Waals surface area contributed by atoms with E-state index >= 15 is 0 Å². The highest BCUT2D eigenvalue weighted by Gasteiger charge is 2.12. The van der Waals surface area contributed by atoms with Gasteiger partial charge in [0.15, 0.2) is 0 Å². The van der Waals surface area contributed by atoms with Crippen molar-refractivity contribution in [2.24, 2.45) is 10.8 Å². The number of halogens is 1. The Hall–Kier alpha value is -1.95. The Morgan fingerprint density at radius 1 is 1.33 bits per heavy atom. The molecule has 0 saturated carbocycles. The number of hydrazone groups is 1. The van der Waals surface area contributed by atoms with Gasteiger partial charge in [-0.1, -0.05) is 25.0 Å². The summed E-state index contributed by atoms with van der Waals surface area (Å²) in [6, 6.07) is 4.22. The van der Waals surface area contributed by atoms with Crippen molar-refractivity contribution in [3.63, 3.8) is 0 Å². The maximum atomic E-state index is 14.1. The number of hydrogen-bond donors (Lipinski definition) is 2. The first-order chi connectivity index (χ1) is 10.1. The first kappa shape index (κ1) is 15.4. The van der Waals surface area contributed by atoms with E-state index in [9.17, 15) is 9.18 Å². The van der Waals surface area contributed by atoms with E-state index in [0.717, 1.165) is 13.1 Å². The van der Waals surface area contributed by atoms with Crippen LogP contribution in [-0.4, -0.2) is 30.2 Å². The van der Waals surface area contributed by atoms with Crippen LogP contribution in [0, 0.1) is 5.82 Å². The Bertz CT molecular complexity index is 510. The summed E-state index contributed by atoms with van der Waals surface area (Å²) in [5, 5.41) is 3.61. The summed E-state index contributed by atoms with van der Waals surface area (Å²) in [5.74, 6) is -0.248. The SMILES string of the molecule is NC(=O)NN=Cc1ccc(CN2CCCCCC2)c(F)c1. The summed E-state index contributed by atoms with van der Waals surface area (Å²) in [4.78, 5) is 12.8. The molecule has 2 amide bonds. The minimum atomic E-state index is -0.746. The fraction of sp³-hybridized carbons (Fsp3) is 0.467. The Labute approximate surface area is 124 Å². The molecule has 0 unspecified atom stereocenters. The summed E-state index contributed by atoms with van der Waals surface area (Å²) >= 11 is 0. The van der Waals surface area contributed by atoms with Crippen LogP contribution in [0.3, 0.4) is 0 Å². The lowest BCUT2D eigenvalue weighted by Crippen LogP contribution is -2.24. The van der Waals surface area contributed by atoms with Gasteiger partial charge in [0.2, 0.25) is 0 Å². The molecule has 0 spiro atoms. The van der Waals surface area contributed by atoms with Gasteiger partial charge >= 0.3 is 6.03 Å². The zero-order valence-corrected chi connectivity index (χ0v) is 12.0. The van der Waals surface area contributed by atoms with E-state index in [1.807, 2.05) is 0 Å². The summed E-state index contributed by atoms with van der Waals surface area (Å²) in [5.41, 5.74) is 8.24. The van der Waals surface area contributed by atoms with E-state index in [4.69, 9.17) is 5.73 Å². The van der Waals surface area contributed by atoms with Crippen LogP contribution in [0.15, 0.2) is 23.3 Å². The molecule has 1 aliphatic rings. The fourth-order valence-corrected chi connectivity index (χ4v) is 2.48. The fourth-order valence-electron chi connectivity index (χ4n) is 2.48. The summed E-state index contributed by atoms with van der Waals surface area (Å²) in [7, 11) is 0. The standard InChI is InChI=1S/C15H21FN4O/c16-14-9-12(10-18-19-15(17)21)5-6-13(14)11-20-7-3-1-2-4-8-20/h5-6,9-10H,1-4,7-8,11H2,(H3,17,19,21). The van der Waals surface area contributed by atoms with Crippen LogP contribution in [0.2, 0.25) is 0 Å². The van der Waals surface area contributed by atoms with Crippen molar-refractivity contribution in [3.8, 4) is 0 Å². The summed E-state index contributed by atoms with van der Waals surface area (Å²) in [6.07, 6.45) is 6.27. The van der Waals surface area contributed by atoms with Crippen LogP contribution in [0.5, 0.6) is 0 Å². The van der Waals surface area contributed by atoms with Crippen molar-refractivity contribution in [3.05, 3.63) is 35.1 Å². The number of amides is 2. The second-order valence-corrected chi connectivity index (χ2v) is 5.28. The first-order valence-electron chi connectivity index (χ1n) is 7.24. The maximum Gasteiger partial charge on any atom is 0.332 e. The molecule has 0 aliphatic carbocycles. The number of primary amides is 1. The van der Waals surface area contributed by atoms with Crippen LogP contribution in [0.4, 0.5) is 9.18 Å². The third kappa shape index (κ3) is 5.15. The zero-order chi connectivity index (χ0) is 15.1. The Morgan fingerprint density at radius 3 is 2.67 bits per heavy atom. The number of likely N-dealkylation sites (tertiary alicyclic amines) is 1. The number of carbonyl (C=O) groups is 1. The van der Waals surface area contributed by atoms with Crippen molar-refractivity contribution >= 4 is 12.2 Å². The van der Waals surface area contributed by atoms with E-state index in [1.165, 1.54) is 38.0 Å². The first-order valence-corrected chi connectivity index (χ1v) is 7.24. The summed E-state index contributed by atoms with van der Waals surface area (Å²) in [6.45, 7) is 2.71. The molecule has 0 radical (unpaired) electrons. The highest BCUT2D eigenvalue weighted by atomic mass is 19.1. The van der Waals surface area contributed by atoms with Crippen molar-refractivity contribution in [1.82, 2.24) is 10.3 Å². The molecule has 0 bridgehead atoms. The molecule has 6 heteroatoms. The number of nitrogens with zero attached hydrogens (tertiary/aromatic N) is 2. The highest BCUT2D eigenvalue weighted by molar-refractivity contribution is 5.81. The van der Waals surface area contributed by atoms with Crippen molar-refractivity contribution in [1.29, 1.82) is 0 Å². The predicted molar refractivity (Wildman–Crippen MR) is 80.5 cm³/mol. The molecule has 21 heavy (non-hydrogen) atoms. The number of nitrogens with two attached hydrogens (primary N) is 1. The van der Waals surface area contributed by atoms with Crippen LogP contribution in [-0.2, 0) is 6.54 Å². The van der Waals surface area contributed by atoms with Gasteiger partial charge in [-0.3, -0.25) is 4.90 Å². The number of carbonyl (C=O) groups excluding carboxylic acids is 1. The van der Waals surface area contributed by atoms with Gasteiger partial charge in [-0.05, 0) is 37.6 Å². The monoisotopic (exact) mass is 292 g/mol. The average Bonchev–Trinajstić information content (AvgIpc) is 2.70. The molecule has 1 aromatic rings. The summed E-state index contributed by atoms with van der Waals surface area (Å²) < 4.78 is 14.1. The quantitative estimate of drug-likeness (QED) is 0.659. The van der Waals surface area contributed by atoms with Gasteiger partial charge in [-0.25, -0.2) is 14.6 Å². The number of hydrogen-bond acceptors (Lipinski definition) is 3. The molecule has 5 nitrogen and oxygen atoms in total. The van der Waals surface area contributed by atoms with Crippen LogP contribution < -0.4 is 11.2 Å². The van der Waals surface area contributed by atoms with Crippen molar-refractivity contribution < 1.29 is 9.18 Å². The molecule has 1 saturated heterocycles. The number of urea groups is 1. The van der Waals surface area contributed by atoms with Gasteiger partial charge in [-0.2, -0.15) is 5.10 Å². The van der Waals surface area contributed by atoms with Crippen LogP contribution >= 0.6 is 0 Å². The largest absolute Gasteiger partial charge is 0.350 e. The number of nitrogens with one attached hydrogen (secondary N) is 1. The molecule has 2 rings (SSSR count). The van der Waals surface area contributed by atoms with Gasteiger partial charge in [0, 0.05) is 12.1 Å². The molecular weight excluding hydrogens is 271 g/mol. The normalized spacial score (nSPS) is 16.8. The van der Waals surface area contributed by atoms with Crippen LogP contribution in [0.25, 0.3) is 0 Å². The second kappa shape index (κ2) is 7.73. The molecular formula is C15H21FN4O. The number of benzene rings is 1. The molecule has 1 fully saturated rings. The number of rotatable bonds is 4. The van der Waals surface area contributed by atoms with E-state index in [-0.39, 0.29) is 5.82 Å². The molecule has 1 aromatic carbocycles. The lowest BCUT2D eigenvalue weighted by molar-refractivity contribution is 0.249. The van der Waals surface area contributed by atoms with E-state index < -0.39 is 6.03 Å². The topological polar surface area (TPSA) is 70.7 Å². The molecule has 1 aliphatic heterocycles. The maximum absolute atomic E-state index is 14.1. The lowest BCUT2D eigenvalue weighted by atomic mass is 10.1. The second-order valence-electron chi connectivity index (χ2n) is 5.28. The smallest absolute Gasteiger partial charge is 0.332 e. The molecule has 0 atom stereocenters. The van der Waals surface area contributed by atoms with Gasteiger partial charge in [-0.15, -0.1) is 0 Å². The third-order valence-electron chi connectivity index (χ3n) is 3.56. The van der Waals surface area contributed by atoms with Crippen molar-refractivity contribution in [2.45, 2.75) is 32.2 Å². The molecule has 1 heterocycles. The predicted octanol–water partition coefficient (Wildman–Crippen LogP) is 2.20. The van der Waals surface area contributed by atoms with Crippen molar-refractivity contribution in [2.75, 3.05) is 13.1 Å². The molecule has 3 N–H and O–H groups in total.